The van der Waals surface area contributed by atoms with Gasteiger partial charge in [0, 0.05) is 25.7 Å². The maximum Gasteiger partial charge on any atom is 0.234 e. The molecule has 1 aromatic carbocycles. The number of amides is 1. The zero-order valence-electron chi connectivity index (χ0n) is 10.6. The molecule has 18 heavy (non-hydrogen) atoms. The summed E-state index contributed by atoms with van der Waals surface area (Å²) in [7, 11) is 0. The highest BCUT2D eigenvalue weighted by Crippen LogP contribution is 2.25. The fourth-order valence-corrected chi connectivity index (χ4v) is 2.03. The largest absolute Gasteiger partial charge is 0.351 e. The van der Waals surface area contributed by atoms with E-state index in [1.54, 1.807) is 0 Å². The van der Waals surface area contributed by atoms with Crippen LogP contribution in [0.5, 0.6) is 0 Å². The zero-order chi connectivity index (χ0) is 12.8. The second kappa shape index (κ2) is 6.52. The van der Waals surface area contributed by atoms with Gasteiger partial charge >= 0.3 is 0 Å². The predicted octanol–water partition coefficient (Wildman–Crippen LogP) is 0.726. The Kier molecular flexibility index (Phi) is 4.73. The molecule has 4 heteroatoms. The molecule has 1 aliphatic carbocycles. The van der Waals surface area contributed by atoms with Crippen LogP contribution in [0.4, 0.5) is 0 Å². The van der Waals surface area contributed by atoms with Gasteiger partial charge in [0.2, 0.25) is 5.91 Å². The summed E-state index contributed by atoms with van der Waals surface area (Å²) in [5, 5.41) is 2.95. The van der Waals surface area contributed by atoms with E-state index in [-0.39, 0.29) is 5.91 Å². The molecular formula is C14H21N3O. The summed E-state index contributed by atoms with van der Waals surface area (Å²) in [5.41, 5.74) is 6.69. The van der Waals surface area contributed by atoms with E-state index in [4.69, 9.17) is 5.73 Å². The average molecular weight is 247 g/mol. The van der Waals surface area contributed by atoms with E-state index in [0.29, 0.717) is 25.7 Å². The smallest absolute Gasteiger partial charge is 0.234 e. The molecule has 1 saturated carbocycles. The van der Waals surface area contributed by atoms with Gasteiger partial charge in [-0.2, -0.15) is 0 Å². The van der Waals surface area contributed by atoms with E-state index in [9.17, 15) is 4.79 Å². The summed E-state index contributed by atoms with van der Waals surface area (Å²) in [6, 6.07) is 10.5. The number of nitrogens with zero attached hydrogens (tertiary/aromatic N) is 1. The van der Waals surface area contributed by atoms with Crippen LogP contribution in [0.15, 0.2) is 30.3 Å². The van der Waals surface area contributed by atoms with Gasteiger partial charge in [-0.15, -0.1) is 0 Å². The van der Waals surface area contributed by atoms with Crippen molar-refractivity contribution in [3.05, 3.63) is 35.9 Å². The van der Waals surface area contributed by atoms with Gasteiger partial charge in [0.15, 0.2) is 0 Å². The first-order valence-corrected chi connectivity index (χ1v) is 6.54. The van der Waals surface area contributed by atoms with Gasteiger partial charge < -0.3 is 11.1 Å². The van der Waals surface area contributed by atoms with E-state index < -0.39 is 0 Å². The number of carbonyl (C=O) groups is 1. The zero-order valence-corrected chi connectivity index (χ0v) is 10.6. The van der Waals surface area contributed by atoms with Gasteiger partial charge in [-0.1, -0.05) is 30.3 Å². The minimum Gasteiger partial charge on any atom is -0.351 e. The van der Waals surface area contributed by atoms with E-state index in [1.165, 1.54) is 12.8 Å². The number of nitrogens with two attached hydrogens (primary N) is 1. The summed E-state index contributed by atoms with van der Waals surface area (Å²) in [6.07, 6.45) is 2.40. The monoisotopic (exact) mass is 247 g/mol. The molecule has 1 fully saturated rings. The molecule has 0 unspecified atom stereocenters. The molecule has 98 valence electrons. The lowest BCUT2D eigenvalue weighted by atomic mass is 10.2. The number of rotatable bonds is 7. The molecular weight excluding hydrogens is 226 g/mol. The molecule has 0 bridgehead atoms. The lowest BCUT2D eigenvalue weighted by molar-refractivity contribution is -0.122. The van der Waals surface area contributed by atoms with Crippen LogP contribution in [-0.2, 0) is 11.3 Å². The van der Waals surface area contributed by atoms with Crippen LogP contribution in [0.1, 0.15) is 18.4 Å². The van der Waals surface area contributed by atoms with Gasteiger partial charge in [-0.25, -0.2) is 0 Å². The second-order valence-electron chi connectivity index (χ2n) is 4.75. The molecule has 0 spiro atoms. The highest BCUT2D eigenvalue weighted by Gasteiger charge is 2.29. The molecule has 1 aromatic rings. The Hall–Kier alpha value is -1.39. The van der Waals surface area contributed by atoms with Crippen molar-refractivity contribution in [2.24, 2.45) is 5.73 Å². The van der Waals surface area contributed by atoms with Crippen molar-refractivity contribution in [3.63, 3.8) is 0 Å². The number of hydrogen-bond donors (Lipinski definition) is 2. The minimum atomic E-state index is 0.0826. The van der Waals surface area contributed by atoms with Crippen LogP contribution in [0.25, 0.3) is 0 Å². The van der Waals surface area contributed by atoms with E-state index in [1.807, 2.05) is 30.3 Å². The molecule has 3 N–H and O–H groups in total. The van der Waals surface area contributed by atoms with Crippen LogP contribution < -0.4 is 11.1 Å². The summed E-state index contributed by atoms with van der Waals surface area (Å²) in [5.74, 6) is 0.0826. The molecule has 0 heterocycles. The average Bonchev–Trinajstić information content (AvgIpc) is 3.21. The predicted molar refractivity (Wildman–Crippen MR) is 71.9 cm³/mol. The van der Waals surface area contributed by atoms with E-state index in [2.05, 4.69) is 10.2 Å². The summed E-state index contributed by atoms with van der Waals surface area (Å²) < 4.78 is 0. The maximum atomic E-state index is 11.8. The highest BCUT2D eigenvalue weighted by atomic mass is 16.2. The Balaban J connectivity index is 1.74. The standard InChI is InChI=1S/C14H21N3O/c15-8-9-17(13-6-7-13)11-14(18)16-10-12-4-2-1-3-5-12/h1-5,13H,6-11,15H2,(H,16,18). The van der Waals surface area contributed by atoms with E-state index >= 15 is 0 Å². The Labute approximate surface area is 108 Å². The van der Waals surface area contributed by atoms with Crippen molar-refractivity contribution in [1.82, 2.24) is 10.2 Å². The van der Waals surface area contributed by atoms with Gasteiger partial charge in [-0.05, 0) is 18.4 Å². The highest BCUT2D eigenvalue weighted by molar-refractivity contribution is 5.78. The van der Waals surface area contributed by atoms with Gasteiger partial charge in [0.25, 0.3) is 0 Å². The van der Waals surface area contributed by atoms with Crippen LogP contribution in [0, 0.1) is 0 Å². The molecule has 0 saturated heterocycles. The molecule has 0 atom stereocenters. The quantitative estimate of drug-likeness (QED) is 0.746. The lowest BCUT2D eigenvalue weighted by Gasteiger charge is -2.20. The first-order chi connectivity index (χ1) is 8.79. The molecule has 1 amide bonds. The van der Waals surface area contributed by atoms with Crippen molar-refractivity contribution in [3.8, 4) is 0 Å². The van der Waals surface area contributed by atoms with E-state index in [0.717, 1.165) is 12.1 Å². The van der Waals surface area contributed by atoms with Crippen molar-refractivity contribution in [2.75, 3.05) is 19.6 Å². The third-order valence-electron chi connectivity index (χ3n) is 3.16. The Morgan fingerprint density at radius 3 is 2.67 bits per heavy atom. The third kappa shape index (κ3) is 4.13. The fourth-order valence-electron chi connectivity index (χ4n) is 2.03. The number of nitrogens with one attached hydrogen (secondary N) is 1. The molecule has 1 aliphatic rings. The minimum absolute atomic E-state index is 0.0826. The van der Waals surface area contributed by atoms with Crippen LogP contribution in [0.3, 0.4) is 0 Å². The summed E-state index contributed by atoms with van der Waals surface area (Å²) in [4.78, 5) is 14.0. The molecule has 4 nitrogen and oxygen atoms in total. The Morgan fingerprint density at radius 2 is 2.06 bits per heavy atom. The normalized spacial score (nSPS) is 14.8. The Bertz CT molecular complexity index is 376. The molecule has 0 radical (unpaired) electrons. The summed E-state index contributed by atoms with van der Waals surface area (Å²) in [6.45, 7) is 2.49. The number of hydrogen-bond acceptors (Lipinski definition) is 3. The third-order valence-corrected chi connectivity index (χ3v) is 3.16. The number of carbonyl (C=O) groups excluding carboxylic acids is 1. The molecule has 0 aromatic heterocycles. The maximum absolute atomic E-state index is 11.8. The summed E-state index contributed by atoms with van der Waals surface area (Å²) >= 11 is 0. The molecule has 2 rings (SSSR count). The lowest BCUT2D eigenvalue weighted by Crippen LogP contribution is -2.40. The topological polar surface area (TPSA) is 58.4 Å². The molecule has 0 aliphatic heterocycles. The van der Waals surface area contributed by atoms with Gasteiger partial charge in [0.1, 0.15) is 0 Å². The van der Waals surface area contributed by atoms with Gasteiger partial charge in [0.05, 0.1) is 6.54 Å². The Morgan fingerprint density at radius 1 is 1.33 bits per heavy atom. The first-order valence-electron chi connectivity index (χ1n) is 6.54. The van der Waals surface area contributed by atoms with Crippen LogP contribution >= 0.6 is 0 Å². The van der Waals surface area contributed by atoms with Crippen molar-refractivity contribution < 1.29 is 4.79 Å². The second-order valence-corrected chi connectivity index (χ2v) is 4.75. The van der Waals surface area contributed by atoms with Crippen LogP contribution in [-0.4, -0.2) is 36.5 Å². The van der Waals surface area contributed by atoms with Crippen molar-refractivity contribution in [1.29, 1.82) is 0 Å². The van der Waals surface area contributed by atoms with Crippen molar-refractivity contribution in [2.45, 2.75) is 25.4 Å². The first kappa shape index (κ1) is 13.1. The SMILES string of the molecule is NCCN(CC(=O)NCc1ccccc1)C1CC1. The number of benzene rings is 1. The van der Waals surface area contributed by atoms with Crippen molar-refractivity contribution >= 4 is 5.91 Å². The fraction of sp³-hybridized carbons (Fsp3) is 0.500. The van der Waals surface area contributed by atoms with Gasteiger partial charge in [-0.3, -0.25) is 9.69 Å². The van der Waals surface area contributed by atoms with Crippen LogP contribution in [0.2, 0.25) is 0 Å².